The van der Waals surface area contributed by atoms with E-state index in [0.717, 1.165) is 23.9 Å². The molecule has 33 heavy (non-hydrogen) atoms. The third-order valence-electron chi connectivity index (χ3n) is 6.42. The number of pyridine rings is 1. The molecule has 1 aliphatic heterocycles. The van der Waals surface area contributed by atoms with Crippen LogP contribution in [0.25, 0.3) is 0 Å². The Bertz CT molecular complexity index is 1060. The van der Waals surface area contributed by atoms with E-state index in [-0.39, 0.29) is 11.6 Å². The predicted octanol–water partition coefficient (Wildman–Crippen LogP) is 4.14. The van der Waals surface area contributed by atoms with E-state index < -0.39 is 11.7 Å². The monoisotopic (exact) mass is 459 g/mol. The van der Waals surface area contributed by atoms with Crippen molar-refractivity contribution >= 4 is 5.69 Å². The summed E-state index contributed by atoms with van der Waals surface area (Å²) < 4.78 is 41.4. The van der Waals surface area contributed by atoms with Crippen molar-refractivity contribution in [2.45, 2.75) is 44.9 Å². The third-order valence-corrected chi connectivity index (χ3v) is 6.42. The molecule has 3 aromatic rings. The van der Waals surface area contributed by atoms with Crippen molar-refractivity contribution < 1.29 is 13.2 Å². The summed E-state index contributed by atoms with van der Waals surface area (Å²) in [6.45, 7) is 8.80. The third kappa shape index (κ3) is 4.85. The maximum atomic E-state index is 13.2. The van der Waals surface area contributed by atoms with E-state index in [4.69, 9.17) is 0 Å². The standard InChI is InChI=1S/C23H28F3N7/c1-4-22(2,3)33-21(28-29-30-33)20(17-8-10-27-11-9-17)32-14-12-31(13-15-32)19-7-5-6-18(16-19)23(24,25)26/h5-11,16,20H,4,12-15H2,1-3H3/t20-/m1/s1. The molecule has 0 saturated carbocycles. The smallest absolute Gasteiger partial charge is 0.369 e. The zero-order chi connectivity index (χ0) is 23.6. The van der Waals surface area contributed by atoms with E-state index in [1.165, 1.54) is 12.1 Å². The van der Waals surface area contributed by atoms with Crippen molar-refractivity contribution in [1.29, 1.82) is 0 Å². The van der Waals surface area contributed by atoms with E-state index in [9.17, 15) is 13.2 Å². The Balaban J connectivity index is 1.60. The molecule has 0 bridgehead atoms. The van der Waals surface area contributed by atoms with Crippen molar-refractivity contribution in [3.8, 4) is 0 Å². The molecule has 0 unspecified atom stereocenters. The van der Waals surface area contributed by atoms with E-state index >= 15 is 0 Å². The summed E-state index contributed by atoms with van der Waals surface area (Å²) in [5.74, 6) is 0.751. The number of rotatable bonds is 6. The minimum Gasteiger partial charge on any atom is -0.369 e. The zero-order valence-electron chi connectivity index (χ0n) is 19.0. The molecule has 0 N–H and O–H groups in total. The Morgan fingerprint density at radius 1 is 1.00 bits per heavy atom. The van der Waals surface area contributed by atoms with Gasteiger partial charge in [-0.15, -0.1) is 5.10 Å². The number of hydrogen-bond acceptors (Lipinski definition) is 6. The van der Waals surface area contributed by atoms with Crippen LogP contribution >= 0.6 is 0 Å². The van der Waals surface area contributed by atoms with Gasteiger partial charge in [0.2, 0.25) is 0 Å². The van der Waals surface area contributed by atoms with Gasteiger partial charge in [-0.25, -0.2) is 4.68 Å². The summed E-state index contributed by atoms with van der Waals surface area (Å²) in [5, 5.41) is 12.7. The topological polar surface area (TPSA) is 63.0 Å². The molecular formula is C23H28F3N7. The van der Waals surface area contributed by atoms with Gasteiger partial charge in [0.25, 0.3) is 0 Å². The van der Waals surface area contributed by atoms with Crippen LogP contribution in [-0.2, 0) is 11.7 Å². The highest BCUT2D eigenvalue weighted by molar-refractivity contribution is 5.49. The van der Waals surface area contributed by atoms with Crippen molar-refractivity contribution in [3.05, 3.63) is 65.7 Å². The van der Waals surface area contributed by atoms with Crippen LogP contribution in [0.1, 0.15) is 50.2 Å². The summed E-state index contributed by atoms with van der Waals surface area (Å²) in [6.07, 6.45) is 0.00545. The number of aromatic nitrogens is 5. The molecule has 1 aromatic carbocycles. The van der Waals surface area contributed by atoms with Gasteiger partial charge in [-0.2, -0.15) is 13.2 Å². The van der Waals surface area contributed by atoms with E-state index in [1.807, 2.05) is 21.7 Å². The molecule has 0 radical (unpaired) electrons. The largest absolute Gasteiger partial charge is 0.416 e. The molecule has 7 nitrogen and oxygen atoms in total. The molecule has 3 heterocycles. The van der Waals surface area contributed by atoms with Gasteiger partial charge in [-0.3, -0.25) is 9.88 Å². The minimum atomic E-state index is -4.35. The first-order chi connectivity index (χ1) is 15.7. The Morgan fingerprint density at radius 3 is 2.33 bits per heavy atom. The van der Waals surface area contributed by atoms with Gasteiger partial charge in [0.1, 0.15) is 0 Å². The van der Waals surface area contributed by atoms with Crippen LogP contribution in [0.15, 0.2) is 48.8 Å². The lowest BCUT2D eigenvalue weighted by Crippen LogP contribution is -2.49. The highest BCUT2D eigenvalue weighted by atomic mass is 19.4. The molecule has 1 aliphatic rings. The maximum absolute atomic E-state index is 13.2. The molecule has 2 aromatic heterocycles. The van der Waals surface area contributed by atoms with Gasteiger partial charge in [0.05, 0.1) is 17.1 Å². The predicted molar refractivity (Wildman–Crippen MR) is 119 cm³/mol. The first-order valence-electron chi connectivity index (χ1n) is 11.1. The maximum Gasteiger partial charge on any atom is 0.416 e. The quantitative estimate of drug-likeness (QED) is 0.552. The zero-order valence-corrected chi connectivity index (χ0v) is 19.0. The average molecular weight is 460 g/mol. The van der Waals surface area contributed by atoms with Gasteiger partial charge >= 0.3 is 6.18 Å². The molecular weight excluding hydrogens is 431 g/mol. The van der Waals surface area contributed by atoms with Crippen LogP contribution in [0, 0.1) is 0 Å². The second-order valence-corrected chi connectivity index (χ2v) is 8.87. The van der Waals surface area contributed by atoms with Gasteiger partial charge in [0.15, 0.2) is 5.82 Å². The number of hydrogen-bond donors (Lipinski definition) is 0. The van der Waals surface area contributed by atoms with Crippen LogP contribution in [-0.4, -0.2) is 56.3 Å². The SMILES string of the molecule is CCC(C)(C)n1nnnc1[C@@H](c1ccncc1)N1CCN(c2cccc(C(F)(F)F)c2)CC1. The summed E-state index contributed by atoms with van der Waals surface area (Å²) in [4.78, 5) is 8.42. The van der Waals surface area contributed by atoms with Crippen molar-refractivity contribution in [3.63, 3.8) is 0 Å². The fraction of sp³-hybridized carbons (Fsp3) is 0.478. The fourth-order valence-electron chi connectivity index (χ4n) is 4.13. The first-order valence-corrected chi connectivity index (χ1v) is 11.1. The number of benzene rings is 1. The molecule has 1 atom stereocenters. The number of halogens is 3. The highest BCUT2D eigenvalue weighted by Gasteiger charge is 2.35. The summed E-state index contributed by atoms with van der Waals surface area (Å²) >= 11 is 0. The lowest BCUT2D eigenvalue weighted by molar-refractivity contribution is -0.137. The molecule has 1 saturated heterocycles. The Morgan fingerprint density at radius 2 is 1.70 bits per heavy atom. The molecule has 0 amide bonds. The van der Waals surface area contributed by atoms with Gasteiger partial charge in [-0.1, -0.05) is 13.0 Å². The van der Waals surface area contributed by atoms with Crippen molar-refractivity contribution in [2.75, 3.05) is 31.1 Å². The number of alkyl halides is 3. The second-order valence-electron chi connectivity index (χ2n) is 8.87. The van der Waals surface area contributed by atoms with E-state index in [2.05, 4.69) is 46.2 Å². The first kappa shape index (κ1) is 23.2. The second kappa shape index (κ2) is 9.09. The summed E-state index contributed by atoms with van der Waals surface area (Å²) in [5.41, 5.74) is 0.727. The van der Waals surface area contributed by atoms with Crippen molar-refractivity contribution in [2.24, 2.45) is 0 Å². The highest BCUT2D eigenvalue weighted by Crippen LogP contribution is 2.34. The summed E-state index contributed by atoms with van der Waals surface area (Å²) in [7, 11) is 0. The van der Waals surface area contributed by atoms with Crippen LogP contribution in [0.4, 0.5) is 18.9 Å². The van der Waals surface area contributed by atoms with Gasteiger partial charge < -0.3 is 4.90 Å². The van der Waals surface area contributed by atoms with E-state index in [0.29, 0.717) is 31.9 Å². The van der Waals surface area contributed by atoms with E-state index in [1.54, 1.807) is 18.5 Å². The lowest BCUT2D eigenvalue weighted by Gasteiger charge is -2.40. The number of nitrogens with zero attached hydrogens (tertiary/aromatic N) is 7. The molecule has 176 valence electrons. The van der Waals surface area contributed by atoms with Crippen LogP contribution in [0.2, 0.25) is 0 Å². The lowest BCUT2D eigenvalue weighted by atomic mass is 9.99. The Hall–Kier alpha value is -3.01. The van der Waals surface area contributed by atoms with Gasteiger partial charge in [-0.05, 0) is 66.6 Å². The normalized spacial score (nSPS) is 16.7. The van der Waals surface area contributed by atoms with Crippen LogP contribution in [0.3, 0.4) is 0 Å². The number of anilines is 1. The summed E-state index contributed by atoms with van der Waals surface area (Å²) in [6, 6.07) is 9.26. The van der Waals surface area contributed by atoms with Crippen molar-refractivity contribution in [1.82, 2.24) is 30.1 Å². The number of piperazine rings is 1. The average Bonchev–Trinajstić information content (AvgIpc) is 3.30. The number of tetrazole rings is 1. The Kier molecular flexibility index (Phi) is 6.38. The minimum absolute atomic E-state index is 0.183. The molecule has 4 rings (SSSR count). The molecule has 1 fully saturated rings. The van der Waals surface area contributed by atoms with Crippen LogP contribution in [0.5, 0.6) is 0 Å². The Labute approximate surface area is 191 Å². The fourth-order valence-corrected chi connectivity index (χ4v) is 4.13. The molecule has 0 aliphatic carbocycles. The van der Waals surface area contributed by atoms with Crippen LogP contribution < -0.4 is 4.90 Å². The molecule has 10 heteroatoms. The van der Waals surface area contributed by atoms with Gasteiger partial charge in [0, 0.05) is 44.3 Å². The molecule has 0 spiro atoms.